The highest BCUT2D eigenvalue weighted by Crippen LogP contribution is 2.25. The molecule has 116 valence electrons. The summed E-state index contributed by atoms with van der Waals surface area (Å²) in [5.41, 5.74) is 5.94. The first kappa shape index (κ1) is 17.8. The van der Waals surface area contributed by atoms with Gasteiger partial charge in [-0.1, -0.05) is 29.9 Å². The zero-order valence-corrected chi connectivity index (χ0v) is 13.9. The van der Waals surface area contributed by atoms with Crippen molar-refractivity contribution in [3.8, 4) is 0 Å². The van der Waals surface area contributed by atoms with Crippen LogP contribution >= 0.6 is 23.8 Å². The summed E-state index contributed by atoms with van der Waals surface area (Å²) in [6.45, 7) is -0.0115. The Hall–Kier alpha value is -1.22. The monoisotopic (exact) mass is 350 g/mol. The summed E-state index contributed by atoms with van der Waals surface area (Å²) in [6, 6.07) is 4.21. The van der Waals surface area contributed by atoms with E-state index in [-0.39, 0.29) is 27.9 Å². The topological polar surface area (TPSA) is 89.7 Å². The number of thiocarbonyl (C=S) groups is 1. The summed E-state index contributed by atoms with van der Waals surface area (Å²) in [5.74, 6) is -0.494. The maximum absolute atomic E-state index is 12.4. The molecular weight excluding hydrogens is 336 g/mol. The van der Waals surface area contributed by atoms with Gasteiger partial charge < -0.3 is 10.5 Å². The predicted octanol–water partition coefficient (Wildman–Crippen LogP) is 1.16. The molecule has 0 aliphatic heterocycles. The molecule has 0 unspecified atom stereocenters. The Morgan fingerprint density at radius 2 is 2.10 bits per heavy atom. The Balaban J connectivity index is 3.02. The largest absolute Gasteiger partial charge is 0.469 e. The molecule has 0 radical (unpaired) electrons. The van der Waals surface area contributed by atoms with Crippen LogP contribution in [0.4, 0.5) is 0 Å². The number of ether oxygens (including phenoxy) is 1. The highest BCUT2D eigenvalue weighted by molar-refractivity contribution is 7.89. The van der Waals surface area contributed by atoms with E-state index in [0.717, 1.165) is 4.31 Å². The average molecular weight is 351 g/mol. The third-order valence-corrected chi connectivity index (χ3v) is 5.34. The number of nitrogens with two attached hydrogens (primary N) is 1. The number of esters is 1. The van der Waals surface area contributed by atoms with Gasteiger partial charge in [0.25, 0.3) is 0 Å². The van der Waals surface area contributed by atoms with E-state index in [1.54, 1.807) is 0 Å². The van der Waals surface area contributed by atoms with Crippen LogP contribution in [0.5, 0.6) is 0 Å². The fraction of sp³-hybridized carbons (Fsp3) is 0.333. The molecule has 0 spiro atoms. The van der Waals surface area contributed by atoms with Crippen LogP contribution in [0.1, 0.15) is 12.0 Å². The van der Waals surface area contributed by atoms with Crippen molar-refractivity contribution in [2.24, 2.45) is 5.73 Å². The quantitative estimate of drug-likeness (QED) is 0.611. The van der Waals surface area contributed by atoms with Crippen molar-refractivity contribution in [1.82, 2.24) is 4.31 Å². The van der Waals surface area contributed by atoms with E-state index in [0.29, 0.717) is 5.56 Å². The van der Waals surface area contributed by atoms with Gasteiger partial charge in [-0.15, -0.1) is 0 Å². The number of methoxy groups -OCH3 is 1. The van der Waals surface area contributed by atoms with Crippen LogP contribution in [-0.2, 0) is 19.6 Å². The van der Waals surface area contributed by atoms with Crippen molar-refractivity contribution in [2.45, 2.75) is 11.3 Å². The third kappa shape index (κ3) is 4.37. The molecule has 0 atom stereocenters. The molecule has 0 heterocycles. The maximum Gasteiger partial charge on any atom is 0.306 e. The molecule has 1 aromatic carbocycles. The second kappa shape index (κ2) is 7.17. The first-order valence-corrected chi connectivity index (χ1v) is 8.05. The molecular formula is C12H15ClN2O4S2. The molecule has 0 bridgehead atoms. The summed E-state index contributed by atoms with van der Waals surface area (Å²) in [7, 11) is -1.21. The van der Waals surface area contributed by atoms with Crippen LogP contribution in [0.3, 0.4) is 0 Å². The van der Waals surface area contributed by atoms with Gasteiger partial charge in [-0.05, 0) is 12.1 Å². The number of halogens is 1. The van der Waals surface area contributed by atoms with Crippen molar-refractivity contribution in [3.05, 3.63) is 28.8 Å². The molecule has 1 aromatic rings. The number of carbonyl (C=O) groups excluding carboxylic acids is 1. The summed E-state index contributed by atoms with van der Waals surface area (Å²) in [6.07, 6.45) is -0.0468. The van der Waals surface area contributed by atoms with Crippen molar-refractivity contribution in [2.75, 3.05) is 20.7 Å². The van der Waals surface area contributed by atoms with E-state index in [9.17, 15) is 13.2 Å². The van der Waals surface area contributed by atoms with Crippen molar-refractivity contribution in [3.63, 3.8) is 0 Å². The van der Waals surface area contributed by atoms with E-state index in [1.807, 2.05) is 0 Å². The molecule has 0 aliphatic carbocycles. The Morgan fingerprint density at radius 3 is 2.57 bits per heavy atom. The number of sulfonamides is 1. The number of nitrogens with zero attached hydrogens (tertiary/aromatic N) is 1. The number of hydrogen-bond acceptors (Lipinski definition) is 5. The van der Waals surface area contributed by atoms with E-state index < -0.39 is 16.0 Å². The molecule has 0 amide bonds. The molecule has 0 saturated carbocycles. The summed E-state index contributed by atoms with van der Waals surface area (Å²) < 4.78 is 30.2. The fourth-order valence-electron chi connectivity index (χ4n) is 1.50. The predicted molar refractivity (Wildman–Crippen MR) is 83.8 cm³/mol. The van der Waals surface area contributed by atoms with Crippen LogP contribution in [0, 0.1) is 0 Å². The normalized spacial score (nSPS) is 11.4. The molecule has 2 N–H and O–H groups in total. The van der Waals surface area contributed by atoms with Gasteiger partial charge in [0.2, 0.25) is 10.0 Å². The van der Waals surface area contributed by atoms with Gasteiger partial charge in [-0.25, -0.2) is 12.7 Å². The lowest BCUT2D eigenvalue weighted by Crippen LogP contribution is -2.29. The Bertz CT molecular complexity index is 661. The number of benzene rings is 1. The maximum atomic E-state index is 12.4. The van der Waals surface area contributed by atoms with Gasteiger partial charge in [0.1, 0.15) is 9.88 Å². The average Bonchev–Trinajstić information content (AvgIpc) is 2.43. The van der Waals surface area contributed by atoms with Crippen LogP contribution < -0.4 is 5.73 Å². The van der Waals surface area contributed by atoms with Crippen LogP contribution in [0.25, 0.3) is 0 Å². The Kier molecular flexibility index (Phi) is 6.09. The van der Waals surface area contributed by atoms with Gasteiger partial charge in [0.15, 0.2) is 0 Å². The number of rotatable bonds is 6. The Labute approximate surface area is 133 Å². The molecule has 0 aliphatic rings. The second-order valence-electron chi connectivity index (χ2n) is 4.16. The second-order valence-corrected chi connectivity index (χ2v) is 7.02. The first-order valence-electron chi connectivity index (χ1n) is 5.82. The molecule has 6 nitrogen and oxygen atoms in total. The molecule has 9 heteroatoms. The Morgan fingerprint density at radius 1 is 1.48 bits per heavy atom. The zero-order chi connectivity index (χ0) is 16.2. The van der Waals surface area contributed by atoms with Crippen molar-refractivity contribution >= 4 is 44.8 Å². The van der Waals surface area contributed by atoms with Gasteiger partial charge in [-0.3, -0.25) is 4.79 Å². The number of carbonyl (C=O) groups is 1. The summed E-state index contributed by atoms with van der Waals surface area (Å²) >= 11 is 10.8. The van der Waals surface area contributed by atoms with Crippen LogP contribution in [0.2, 0.25) is 5.02 Å². The lowest BCUT2D eigenvalue weighted by atomic mass is 10.2. The molecule has 21 heavy (non-hydrogen) atoms. The van der Waals surface area contributed by atoms with Gasteiger partial charge in [0, 0.05) is 19.2 Å². The van der Waals surface area contributed by atoms with Gasteiger partial charge in [0.05, 0.1) is 18.6 Å². The fourth-order valence-corrected chi connectivity index (χ4v) is 3.31. The summed E-state index contributed by atoms with van der Waals surface area (Å²) in [4.78, 5) is 11.1. The van der Waals surface area contributed by atoms with E-state index >= 15 is 0 Å². The van der Waals surface area contributed by atoms with E-state index in [1.165, 1.54) is 32.4 Å². The molecule has 0 fully saturated rings. The van der Waals surface area contributed by atoms with Crippen molar-refractivity contribution < 1.29 is 17.9 Å². The zero-order valence-electron chi connectivity index (χ0n) is 11.5. The minimum absolute atomic E-state index is 0.0115. The highest BCUT2D eigenvalue weighted by atomic mass is 35.5. The summed E-state index contributed by atoms with van der Waals surface area (Å²) in [5, 5.41) is 0.0187. The standard InChI is InChI=1S/C12H15ClN2O4S2/c1-15(6-5-11(16)19-2)21(17,18)10-4-3-8(12(14)20)7-9(10)13/h3-4,7H,5-6H2,1-2H3,(H2,14,20). The smallest absolute Gasteiger partial charge is 0.306 e. The van der Waals surface area contributed by atoms with E-state index in [2.05, 4.69) is 4.74 Å². The van der Waals surface area contributed by atoms with E-state index in [4.69, 9.17) is 29.6 Å². The lowest BCUT2D eigenvalue weighted by Gasteiger charge is -2.17. The van der Waals surface area contributed by atoms with Crippen LogP contribution in [-0.4, -0.2) is 44.4 Å². The minimum Gasteiger partial charge on any atom is -0.469 e. The number of hydrogen-bond donors (Lipinski definition) is 1. The molecule has 0 aromatic heterocycles. The molecule has 0 saturated heterocycles. The van der Waals surface area contributed by atoms with Crippen LogP contribution in [0.15, 0.2) is 23.1 Å². The first-order chi connectivity index (χ1) is 9.70. The third-order valence-electron chi connectivity index (χ3n) is 2.76. The minimum atomic E-state index is -3.81. The lowest BCUT2D eigenvalue weighted by molar-refractivity contribution is -0.140. The van der Waals surface area contributed by atoms with Crippen molar-refractivity contribution in [1.29, 1.82) is 0 Å². The van der Waals surface area contributed by atoms with Gasteiger partial charge >= 0.3 is 5.97 Å². The van der Waals surface area contributed by atoms with Gasteiger partial charge in [-0.2, -0.15) is 0 Å². The molecule has 1 rings (SSSR count). The highest BCUT2D eigenvalue weighted by Gasteiger charge is 2.24. The SMILES string of the molecule is COC(=O)CCN(C)S(=O)(=O)c1ccc(C(N)=S)cc1Cl.